The van der Waals surface area contributed by atoms with E-state index in [0.717, 1.165) is 16.6 Å². The van der Waals surface area contributed by atoms with Gasteiger partial charge in [-0.25, -0.2) is 0 Å². The number of benzene rings is 1. The summed E-state index contributed by atoms with van der Waals surface area (Å²) in [7, 11) is 2.01. The van der Waals surface area contributed by atoms with Crippen molar-refractivity contribution < 1.29 is 0 Å². The van der Waals surface area contributed by atoms with E-state index in [0.29, 0.717) is 11.6 Å². The Hall–Kier alpha value is -2.10. The Morgan fingerprint density at radius 2 is 2.00 bits per heavy atom. The summed E-state index contributed by atoms with van der Waals surface area (Å²) in [5, 5.41) is 8.73. The fourth-order valence-corrected chi connectivity index (χ4v) is 1.96. The van der Waals surface area contributed by atoms with Crippen LogP contribution in [-0.4, -0.2) is 23.9 Å². The first-order valence-corrected chi connectivity index (χ1v) is 5.97. The van der Waals surface area contributed by atoms with Gasteiger partial charge < -0.3 is 10.6 Å². The van der Waals surface area contributed by atoms with Crippen LogP contribution in [0.4, 0.5) is 5.69 Å². The van der Waals surface area contributed by atoms with Crippen molar-refractivity contribution in [1.29, 1.82) is 5.41 Å². The Bertz CT molecular complexity index is 589. The van der Waals surface area contributed by atoms with Gasteiger partial charge in [-0.3, -0.25) is 10.4 Å². The summed E-state index contributed by atoms with van der Waals surface area (Å²) in [6.45, 7) is 4.22. The molecule has 0 unspecified atom stereocenters. The fourth-order valence-electron chi connectivity index (χ4n) is 1.96. The summed E-state index contributed by atoms with van der Waals surface area (Å²) in [5.41, 5.74) is 8.24. The molecule has 2 aromatic rings. The number of hydrogen-bond acceptors (Lipinski definition) is 3. The molecule has 0 aliphatic rings. The van der Waals surface area contributed by atoms with Gasteiger partial charge >= 0.3 is 0 Å². The molecule has 0 fully saturated rings. The molecule has 0 spiro atoms. The maximum atomic E-state index is 7.70. The number of amidine groups is 1. The smallest absolute Gasteiger partial charge is 0.126 e. The summed E-state index contributed by atoms with van der Waals surface area (Å²) in [6, 6.07) is 8.25. The summed E-state index contributed by atoms with van der Waals surface area (Å²) in [6.07, 6.45) is 1.68. The summed E-state index contributed by atoms with van der Waals surface area (Å²) >= 11 is 0. The lowest BCUT2D eigenvalue weighted by Crippen LogP contribution is -2.29. The Balaban J connectivity index is 2.78. The Labute approximate surface area is 107 Å². The lowest BCUT2D eigenvalue weighted by Gasteiger charge is -2.27. The molecule has 0 radical (unpaired) electrons. The second-order valence-corrected chi connectivity index (χ2v) is 4.66. The zero-order valence-corrected chi connectivity index (χ0v) is 10.9. The molecule has 0 amide bonds. The van der Waals surface area contributed by atoms with Gasteiger partial charge in [-0.05, 0) is 19.9 Å². The zero-order chi connectivity index (χ0) is 13.3. The van der Waals surface area contributed by atoms with Crippen LogP contribution in [0.15, 0.2) is 30.5 Å². The number of para-hydroxylation sites is 1. The van der Waals surface area contributed by atoms with Crippen LogP contribution in [0.1, 0.15) is 19.4 Å². The van der Waals surface area contributed by atoms with Gasteiger partial charge in [-0.15, -0.1) is 0 Å². The van der Waals surface area contributed by atoms with Gasteiger partial charge in [0.2, 0.25) is 0 Å². The van der Waals surface area contributed by atoms with Gasteiger partial charge in [0, 0.05) is 24.7 Å². The normalized spacial score (nSPS) is 10.9. The van der Waals surface area contributed by atoms with Crippen LogP contribution in [0.5, 0.6) is 0 Å². The number of nitrogens with zero attached hydrogens (tertiary/aromatic N) is 2. The first kappa shape index (κ1) is 12.4. The maximum Gasteiger partial charge on any atom is 0.126 e. The lowest BCUT2D eigenvalue weighted by atomic mass is 10.1. The number of aromatic nitrogens is 1. The van der Waals surface area contributed by atoms with Crippen molar-refractivity contribution in [2.24, 2.45) is 5.73 Å². The molecule has 0 atom stereocenters. The second-order valence-electron chi connectivity index (χ2n) is 4.66. The lowest BCUT2D eigenvalue weighted by molar-refractivity contribution is 0.756. The third-order valence-electron chi connectivity index (χ3n) is 3.16. The molecule has 94 valence electrons. The van der Waals surface area contributed by atoms with Gasteiger partial charge in [-0.1, -0.05) is 18.2 Å². The molecular weight excluding hydrogens is 224 g/mol. The predicted octanol–water partition coefficient (Wildman–Crippen LogP) is 2.36. The molecule has 0 saturated heterocycles. The second kappa shape index (κ2) is 4.64. The molecule has 2 rings (SSSR count). The summed E-state index contributed by atoms with van der Waals surface area (Å²) in [5.74, 6) is 0.0516. The van der Waals surface area contributed by atoms with E-state index < -0.39 is 0 Å². The van der Waals surface area contributed by atoms with Crippen molar-refractivity contribution >= 4 is 22.4 Å². The molecule has 1 aromatic heterocycles. The monoisotopic (exact) mass is 242 g/mol. The van der Waals surface area contributed by atoms with Crippen LogP contribution in [0.2, 0.25) is 0 Å². The van der Waals surface area contributed by atoms with Crippen molar-refractivity contribution in [3.63, 3.8) is 0 Å². The van der Waals surface area contributed by atoms with Gasteiger partial charge in [0.25, 0.3) is 0 Å². The van der Waals surface area contributed by atoms with Gasteiger partial charge in [0.1, 0.15) is 5.84 Å². The number of pyridine rings is 1. The minimum atomic E-state index is 0.0516. The first-order chi connectivity index (χ1) is 8.52. The molecule has 3 N–H and O–H groups in total. The molecule has 0 saturated carbocycles. The highest BCUT2D eigenvalue weighted by Gasteiger charge is 2.16. The number of hydrogen-bond donors (Lipinski definition) is 2. The van der Waals surface area contributed by atoms with E-state index in [2.05, 4.69) is 23.7 Å². The summed E-state index contributed by atoms with van der Waals surface area (Å²) < 4.78 is 0. The first-order valence-electron chi connectivity index (χ1n) is 5.97. The molecule has 0 aliphatic carbocycles. The van der Waals surface area contributed by atoms with Crippen molar-refractivity contribution in [2.45, 2.75) is 19.9 Å². The zero-order valence-electron chi connectivity index (χ0n) is 10.9. The van der Waals surface area contributed by atoms with E-state index in [-0.39, 0.29) is 5.84 Å². The van der Waals surface area contributed by atoms with Crippen molar-refractivity contribution in [1.82, 2.24) is 4.98 Å². The van der Waals surface area contributed by atoms with E-state index in [1.165, 1.54) is 0 Å². The number of rotatable bonds is 3. The van der Waals surface area contributed by atoms with Gasteiger partial charge in [0.15, 0.2) is 0 Å². The highest BCUT2D eigenvalue weighted by Crippen LogP contribution is 2.29. The van der Waals surface area contributed by atoms with Crippen LogP contribution in [-0.2, 0) is 0 Å². The van der Waals surface area contributed by atoms with Crippen LogP contribution < -0.4 is 10.6 Å². The number of nitrogens with two attached hydrogens (primary N) is 1. The van der Waals surface area contributed by atoms with Crippen molar-refractivity contribution in [3.8, 4) is 0 Å². The average molecular weight is 242 g/mol. The van der Waals surface area contributed by atoms with Crippen molar-refractivity contribution in [2.75, 3.05) is 11.9 Å². The van der Waals surface area contributed by atoms with E-state index in [1.54, 1.807) is 6.20 Å². The molecule has 1 aromatic carbocycles. The molecule has 0 bridgehead atoms. The van der Waals surface area contributed by atoms with E-state index in [4.69, 9.17) is 11.1 Å². The maximum absolute atomic E-state index is 7.70. The van der Waals surface area contributed by atoms with Gasteiger partial charge in [0.05, 0.1) is 16.8 Å². The Morgan fingerprint density at radius 1 is 1.33 bits per heavy atom. The molecule has 1 heterocycles. The predicted molar refractivity (Wildman–Crippen MR) is 76.3 cm³/mol. The molecular formula is C14H18N4. The van der Waals surface area contributed by atoms with Crippen LogP contribution in [0.3, 0.4) is 0 Å². The molecule has 0 aliphatic heterocycles. The highest BCUT2D eigenvalue weighted by atomic mass is 15.1. The summed E-state index contributed by atoms with van der Waals surface area (Å²) in [4.78, 5) is 6.48. The van der Waals surface area contributed by atoms with Crippen LogP contribution in [0, 0.1) is 5.41 Å². The molecule has 4 heteroatoms. The average Bonchev–Trinajstić information content (AvgIpc) is 2.36. The number of fused-ring (bicyclic) bond motifs is 1. The highest BCUT2D eigenvalue weighted by molar-refractivity contribution is 6.07. The van der Waals surface area contributed by atoms with E-state index >= 15 is 0 Å². The number of anilines is 1. The quantitative estimate of drug-likeness (QED) is 0.641. The topological polar surface area (TPSA) is 66.0 Å². The minimum Gasteiger partial charge on any atom is -0.384 e. The number of nitrogen functional groups attached to an aromatic ring is 1. The van der Waals surface area contributed by atoms with Crippen LogP contribution >= 0.6 is 0 Å². The third-order valence-corrected chi connectivity index (χ3v) is 3.16. The van der Waals surface area contributed by atoms with Crippen LogP contribution in [0.25, 0.3) is 10.9 Å². The van der Waals surface area contributed by atoms with E-state index in [1.807, 2.05) is 31.3 Å². The molecule has 4 nitrogen and oxygen atoms in total. The Kier molecular flexibility index (Phi) is 3.19. The standard InChI is InChI=1S/C14H18N4/c1-9(2)18(3)13-10-6-4-5-7-12(10)17-8-11(13)14(15)16/h4-9H,1-3H3,(H3,15,16). The van der Waals surface area contributed by atoms with E-state index in [9.17, 15) is 0 Å². The van der Waals surface area contributed by atoms with Gasteiger partial charge in [-0.2, -0.15) is 0 Å². The Morgan fingerprint density at radius 3 is 2.61 bits per heavy atom. The van der Waals surface area contributed by atoms with Crippen molar-refractivity contribution in [3.05, 3.63) is 36.0 Å². The third kappa shape index (κ3) is 2.01. The largest absolute Gasteiger partial charge is 0.384 e. The molecule has 18 heavy (non-hydrogen) atoms. The number of nitrogens with one attached hydrogen (secondary N) is 1. The minimum absolute atomic E-state index is 0.0516. The fraction of sp³-hybridized carbons (Fsp3) is 0.286. The SMILES string of the molecule is CC(C)N(C)c1c(C(=N)N)cnc2ccccc12.